The van der Waals surface area contributed by atoms with Crippen molar-refractivity contribution in [3.05, 3.63) is 22.4 Å². The molecule has 0 bridgehead atoms. The van der Waals surface area contributed by atoms with E-state index in [-0.39, 0.29) is 5.91 Å². The average molecular weight is 295 g/mol. The van der Waals surface area contributed by atoms with Gasteiger partial charge in [0.1, 0.15) is 0 Å². The van der Waals surface area contributed by atoms with Gasteiger partial charge in [-0.15, -0.1) is 11.3 Å². The SMILES string of the molecule is O=C(CC1CCCCCC1)NC(C(=O)O)c1cccs1. The number of carbonyl (C=O) groups excluding carboxylic acids is 1. The van der Waals surface area contributed by atoms with Crippen LogP contribution in [0.2, 0.25) is 0 Å². The Morgan fingerprint density at radius 2 is 2.00 bits per heavy atom. The van der Waals surface area contributed by atoms with Crippen LogP contribution in [0.15, 0.2) is 17.5 Å². The van der Waals surface area contributed by atoms with Crippen LogP contribution in [-0.2, 0) is 9.59 Å². The summed E-state index contributed by atoms with van der Waals surface area (Å²) in [6.45, 7) is 0. The quantitative estimate of drug-likeness (QED) is 0.819. The van der Waals surface area contributed by atoms with Gasteiger partial charge in [-0.2, -0.15) is 0 Å². The highest BCUT2D eigenvalue weighted by Gasteiger charge is 2.24. The fourth-order valence-corrected chi connectivity index (χ4v) is 3.53. The summed E-state index contributed by atoms with van der Waals surface area (Å²) in [5.74, 6) is -0.727. The van der Waals surface area contributed by atoms with Crippen LogP contribution in [-0.4, -0.2) is 17.0 Å². The first-order valence-corrected chi connectivity index (χ1v) is 8.10. The van der Waals surface area contributed by atoms with Crippen LogP contribution < -0.4 is 5.32 Å². The predicted octanol–water partition coefficient (Wildman–Crippen LogP) is 3.35. The smallest absolute Gasteiger partial charge is 0.331 e. The van der Waals surface area contributed by atoms with Crippen LogP contribution in [0, 0.1) is 5.92 Å². The molecule has 2 rings (SSSR count). The largest absolute Gasteiger partial charge is 0.479 e. The van der Waals surface area contributed by atoms with Crippen LogP contribution in [0.4, 0.5) is 0 Å². The molecule has 2 N–H and O–H groups in total. The Balaban J connectivity index is 1.90. The van der Waals surface area contributed by atoms with Gasteiger partial charge in [0, 0.05) is 11.3 Å². The van der Waals surface area contributed by atoms with Gasteiger partial charge in [0.2, 0.25) is 5.91 Å². The molecule has 0 saturated heterocycles. The number of carbonyl (C=O) groups is 2. The third kappa shape index (κ3) is 4.34. The van der Waals surface area contributed by atoms with E-state index in [9.17, 15) is 14.7 Å². The van der Waals surface area contributed by atoms with Gasteiger partial charge >= 0.3 is 5.97 Å². The number of aliphatic carboxylic acids is 1. The maximum atomic E-state index is 12.1. The van der Waals surface area contributed by atoms with Crippen LogP contribution in [0.5, 0.6) is 0 Å². The lowest BCUT2D eigenvalue weighted by Gasteiger charge is -2.17. The molecule has 20 heavy (non-hydrogen) atoms. The Bertz CT molecular complexity index is 436. The molecule has 0 spiro atoms. The van der Waals surface area contributed by atoms with Crippen molar-refractivity contribution in [3.8, 4) is 0 Å². The molecule has 1 unspecified atom stereocenters. The van der Waals surface area contributed by atoms with Gasteiger partial charge in [-0.3, -0.25) is 4.79 Å². The summed E-state index contributed by atoms with van der Waals surface area (Å²) in [5, 5.41) is 13.7. The molecule has 1 atom stereocenters. The fourth-order valence-electron chi connectivity index (χ4n) is 2.76. The molecular formula is C15H21NO3S. The summed E-state index contributed by atoms with van der Waals surface area (Å²) < 4.78 is 0. The first-order chi connectivity index (χ1) is 9.66. The van der Waals surface area contributed by atoms with Crippen LogP contribution in [0.3, 0.4) is 0 Å². The first kappa shape index (κ1) is 15.0. The van der Waals surface area contributed by atoms with Crippen molar-refractivity contribution in [1.29, 1.82) is 0 Å². The standard InChI is InChI=1S/C15H21NO3S/c17-13(10-11-6-3-1-2-4-7-11)16-14(15(18)19)12-8-5-9-20-12/h5,8-9,11,14H,1-4,6-7,10H2,(H,16,17)(H,18,19). The third-order valence-electron chi connectivity index (χ3n) is 3.83. The van der Waals surface area contributed by atoms with E-state index in [1.807, 2.05) is 5.38 Å². The maximum Gasteiger partial charge on any atom is 0.331 e. The Kier molecular flexibility index (Phi) is 5.59. The highest BCUT2D eigenvalue weighted by Crippen LogP contribution is 2.26. The van der Waals surface area contributed by atoms with Crippen molar-refractivity contribution in [3.63, 3.8) is 0 Å². The lowest BCUT2D eigenvalue weighted by Crippen LogP contribution is -2.34. The van der Waals surface area contributed by atoms with Gasteiger partial charge in [0.25, 0.3) is 0 Å². The minimum atomic E-state index is -0.998. The molecule has 110 valence electrons. The maximum absolute atomic E-state index is 12.1. The third-order valence-corrected chi connectivity index (χ3v) is 4.77. The van der Waals surface area contributed by atoms with Gasteiger partial charge in [-0.25, -0.2) is 4.79 Å². The molecule has 4 nitrogen and oxygen atoms in total. The average Bonchev–Trinajstić information content (AvgIpc) is 2.81. The molecule has 1 saturated carbocycles. The minimum absolute atomic E-state index is 0.141. The van der Waals surface area contributed by atoms with Crippen molar-refractivity contribution >= 4 is 23.2 Å². The molecule has 0 radical (unpaired) electrons. The van der Waals surface area contributed by atoms with Crippen molar-refractivity contribution in [2.24, 2.45) is 5.92 Å². The summed E-state index contributed by atoms with van der Waals surface area (Å²) in [6, 6.07) is 2.64. The number of carboxylic acid groups (broad SMARTS) is 1. The second-order valence-corrected chi connectivity index (χ2v) is 6.40. The molecule has 1 heterocycles. The Labute approximate surface area is 123 Å². The first-order valence-electron chi connectivity index (χ1n) is 7.22. The number of amides is 1. The fraction of sp³-hybridized carbons (Fsp3) is 0.600. The van der Waals surface area contributed by atoms with Crippen molar-refractivity contribution in [1.82, 2.24) is 5.32 Å². The molecule has 1 aliphatic rings. The Hall–Kier alpha value is -1.36. The molecule has 0 aliphatic heterocycles. The normalized spacial score (nSPS) is 18.2. The van der Waals surface area contributed by atoms with E-state index in [0.29, 0.717) is 17.2 Å². The highest BCUT2D eigenvalue weighted by molar-refractivity contribution is 7.10. The Morgan fingerprint density at radius 3 is 2.55 bits per heavy atom. The summed E-state index contributed by atoms with van der Waals surface area (Å²) in [7, 11) is 0. The second-order valence-electron chi connectivity index (χ2n) is 5.42. The topological polar surface area (TPSA) is 66.4 Å². The number of rotatable bonds is 5. The zero-order valence-electron chi connectivity index (χ0n) is 11.5. The molecule has 5 heteroatoms. The van der Waals surface area contributed by atoms with E-state index in [0.717, 1.165) is 12.8 Å². The molecule has 1 aromatic heterocycles. The van der Waals surface area contributed by atoms with Crippen molar-refractivity contribution < 1.29 is 14.7 Å². The Morgan fingerprint density at radius 1 is 1.30 bits per heavy atom. The van der Waals surface area contributed by atoms with Gasteiger partial charge < -0.3 is 10.4 Å². The summed E-state index contributed by atoms with van der Waals surface area (Å²) >= 11 is 1.36. The molecule has 1 amide bonds. The van der Waals surface area contributed by atoms with Crippen molar-refractivity contribution in [2.45, 2.75) is 51.0 Å². The molecule has 0 aromatic carbocycles. The molecular weight excluding hydrogens is 274 g/mol. The number of hydrogen-bond acceptors (Lipinski definition) is 3. The second kappa shape index (κ2) is 7.43. The van der Waals surface area contributed by atoms with E-state index >= 15 is 0 Å². The number of nitrogens with one attached hydrogen (secondary N) is 1. The van der Waals surface area contributed by atoms with E-state index in [2.05, 4.69) is 5.32 Å². The van der Waals surface area contributed by atoms with Crippen molar-refractivity contribution in [2.75, 3.05) is 0 Å². The summed E-state index contributed by atoms with van der Waals surface area (Å²) in [4.78, 5) is 24.0. The number of hydrogen-bond donors (Lipinski definition) is 2. The van der Waals surface area contributed by atoms with E-state index in [1.165, 1.54) is 37.0 Å². The van der Waals surface area contributed by atoms with Crippen LogP contribution >= 0.6 is 11.3 Å². The zero-order valence-corrected chi connectivity index (χ0v) is 12.3. The summed E-state index contributed by atoms with van der Waals surface area (Å²) in [6.07, 6.45) is 7.51. The summed E-state index contributed by atoms with van der Waals surface area (Å²) in [5.41, 5.74) is 0. The van der Waals surface area contributed by atoms with Gasteiger partial charge in [-0.05, 0) is 30.2 Å². The van der Waals surface area contributed by atoms with E-state index in [4.69, 9.17) is 0 Å². The predicted molar refractivity (Wildman–Crippen MR) is 78.6 cm³/mol. The van der Waals surface area contributed by atoms with E-state index in [1.54, 1.807) is 12.1 Å². The monoisotopic (exact) mass is 295 g/mol. The van der Waals surface area contributed by atoms with Crippen LogP contribution in [0.1, 0.15) is 55.9 Å². The lowest BCUT2D eigenvalue weighted by molar-refractivity contribution is -0.142. The number of carboxylic acids is 1. The minimum Gasteiger partial charge on any atom is -0.479 e. The van der Waals surface area contributed by atoms with E-state index < -0.39 is 12.0 Å². The van der Waals surface area contributed by atoms with Crippen LogP contribution in [0.25, 0.3) is 0 Å². The van der Waals surface area contributed by atoms with Gasteiger partial charge in [-0.1, -0.05) is 31.7 Å². The molecule has 1 fully saturated rings. The number of thiophene rings is 1. The highest BCUT2D eigenvalue weighted by atomic mass is 32.1. The van der Waals surface area contributed by atoms with Gasteiger partial charge in [0.15, 0.2) is 6.04 Å². The molecule has 1 aromatic rings. The lowest BCUT2D eigenvalue weighted by atomic mass is 9.96. The molecule has 1 aliphatic carbocycles. The van der Waals surface area contributed by atoms with Gasteiger partial charge in [0.05, 0.1) is 0 Å². The zero-order chi connectivity index (χ0) is 14.4.